The van der Waals surface area contributed by atoms with E-state index in [2.05, 4.69) is 38.8 Å². The van der Waals surface area contributed by atoms with E-state index in [1.54, 1.807) is 30.7 Å². The van der Waals surface area contributed by atoms with Gasteiger partial charge in [-0.25, -0.2) is 9.67 Å². The van der Waals surface area contributed by atoms with Crippen LogP contribution in [0.2, 0.25) is 0 Å². The van der Waals surface area contributed by atoms with E-state index in [0.717, 1.165) is 0 Å². The first-order valence-corrected chi connectivity index (χ1v) is 13.0. The Hall–Kier alpha value is -5.95. The third-order valence-corrected chi connectivity index (χ3v) is 6.58. The second kappa shape index (κ2) is 11.7. The number of para-hydroxylation sites is 1. The zero-order valence-electron chi connectivity index (χ0n) is 23.0. The minimum atomic E-state index is -0.624. The number of pyridine rings is 2. The Morgan fingerprint density at radius 3 is 2.62 bits per heavy atom. The quantitative estimate of drug-likeness (QED) is 0.215. The van der Waals surface area contributed by atoms with Gasteiger partial charge in [0.05, 0.1) is 11.4 Å². The first-order valence-electron chi connectivity index (χ1n) is 13.0. The number of rotatable bonds is 6. The molecule has 3 aromatic heterocycles. The lowest BCUT2D eigenvalue weighted by molar-refractivity contribution is 0.0940. The Balaban J connectivity index is 1.63. The molecule has 0 aliphatic carbocycles. The van der Waals surface area contributed by atoms with Gasteiger partial charge in [-0.1, -0.05) is 54.8 Å². The molecule has 0 fully saturated rings. The van der Waals surface area contributed by atoms with Crippen LogP contribution in [0.4, 0.5) is 11.6 Å². The van der Waals surface area contributed by atoms with Crippen LogP contribution in [0.1, 0.15) is 40.1 Å². The van der Waals surface area contributed by atoms with E-state index in [-0.39, 0.29) is 28.3 Å². The Kier molecular flexibility index (Phi) is 7.66. The monoisotopic (exact) mass is 557 g/mol. The zero-order valence-corrected chi connectivity index (χ0v) is 23.0. The van der Waals surface area contributed by atoms with Gasteiger partial charge in [-0.2, -0.15) is 5.10 Å². The van der Waals surface area contributed by atoms with E-state index in [1.807, 2.05) is 48.5 Å². The summed E-state index contributed by atoms with van der Waals surface area (Å²) in [5, 5.41) is 8.19. The number of nitrogens with one attached hydrogen (secondary N) is 2. The Labute approximate surface area is 240 Å². The average molecular weight is 558 g/mol. The molecule has 0 bridgehead atoms. The molecular weight excluding hydrogens is 530 g/mol. The molecule has 0 aliphatic rings. The predicted octanol–water partition coefficient (Wildman–Crippen LogP) is 3.77. The summed E-state index contributed by atoms with van der Waals surface area (Å²) in [4.78, 5) is 45.9. The predicted molar refractivity (Wildman–Crippen MR) is 164 cm³/mol. The van der Waals surface area contributed by atoms with Gasteiger partial charge in [0.15, 0.2) is 11.6 Å². The number of carbonyl (C=O) groups is 1. The van der Waals surface area contributed by atoms with E-state index in [0.29, 0.717) is 33.3 Å². The van der Waals surface area contributed by atoms with E-state index in [1.165, 1.54) is 29.2 Å². The molecule has 3 heterocycles. The molecule has 0 aliphatic heterocycles. The van der Waals surface area contributed by atoms with Crippen molar-refractivity contribution in [2.75, 3.05) is 5.73 Å². The summed E-state index contributed by atoms with van der Waals surface area (Å²) in [5.41, 5.74) is 7.99. The maximum atomic E-state index is 14.2. The summed E-state index contributed by atoms with van der Waals surface area (Å²) in [6, 6.07) is 18.8. The Bertz CT molecular complexity index is 2020. The number of carbonyl (C=O) groups excluding carboxylic acids is 1. The van der Waals surface area contributed by atoms with Crippen LogP contribution in [0.25, 0.3) is 16.5 Å². The van der Waals surface area contributed by atoms with Crippen molar-refractivity contribution >= 4 is 34.5 Å². The number of aromatic nitrogens is 4. The molecule has 10 heteroatoms. The first-order chi connectivity index (χ1) is 20.3. The number of aliphatic imine (C=N–C) groups is 1. The standard InChI is InChI=1S/C32H27N7O3/c1-4-17-34-30-28(29(33)37-38(30)3)31(41)36-20(2)25-18-23-10-8-9-22(15-13-21-14-16-26(40)35-19-21)27(23)32(42)39(25)24-11-6-5-7-12-24/h4-12,14,16-20H,1H2,2-3H3,(H2,33,37)(H,35,40)(H,36,41)/b34-17-. The van der Waals surface area contributed by atoms with Crippen LogP contribution < -0.4 is 22.2 Å². The molecule has 5 aromatic rings. The van der Waals surface area contributed by atoms with Gasteiger partial charge >= 0.3 is 0 Å². The van der Waals surface area contributed by atoms with Crippen LogP contribution >= 0.6 is 0 Å². The number of fused-ring (bicyclic) bond motifs is 1. The molecule has 42 heavy (non-hydrogen) atoms. The SMILES string of the molecule is C=C/C=N\c1c(C(=O)NC(C)c2cc3cccc(C#Cc4ccc(=O)[nH]c4)c3c(=O)n2-c2ccccc2)c(N)nn1C. The minimum absolute atomic E-state index is 0.0306. The second-order valence-electron chi connectivity index (χ2n) is 9.42. The van der Waals surface area contributed by atoms with E-state index < -0.39 is 11.9 Å². The highest BCUT2D eigenvalue weighted by Crippen LogP contribution is 2.27. The molecule has 2 aromatic carbocycles. The Morgan fingerprint density at radius 1 is 1.12 bits per heavy atom. The van der Waals surface area contributed by atoms with Crippen LogP contribution in [0, 0.1) is 11.8 Å². The highest BCUT2D eigenvalue weighted by Gasteiger charge is 2.24. The molecule has 208 valence electrons. The van der Waals surface area contributed by atoms with Gasteiger partial charge in [0, 0.05) is 48.0 Å². The van der Waals surface area contributed by atoms with Crippen LogP contribution in [0.5, 0.6) is 0 Å². The van der Waals surface area contributed by atoms with Gasteiger partial charge in [-0.3, -0.25) is 19.0 Å². The fourth-order valence-corrected chi connectivity index (χ4v) is 4.64. The molecule has 4 N–H and O–H groups in total. The second-order valence-corrected chi connectivity index (χ2v) is 9.42. The van der Waals surface area contributed by atoms with Crippen molar-refractivity contribution in [3.8, 4) is 17.5 Å². The van der Waals surface area contributed by atoms with Crippen molar-refractivity contribution in [2.45, 2.75) is 13.0 Å². The lowest BCUT2D eigenvalue weighted by Crippen LogP contribution is -2.32. The summed E-state index contributed by atoms with van der Waals surface area (Å²) in [6.45, 7) is 5.41. The lowest BCUT2D eigenvalue weighted by Gasteiger charge is -2.21. The fourth-order valence-electron chi connectivity index (χ4n) is 4.64. The first kappa shape index (κ1) is 27.6. The van der Waals surface area contributed by atoms with Gasteiger partial charge in [0.1, 0.15) is 5.56 Å². The Morgan fingerprint density at radius 2 is 1.90 bits per heavy atom. The maximum Gasteiger partial charge on any atom is 0.264 e. The molecule has 0 saturated carbocycles. The number of hydrogen-bond acceptors (Lipinski definition) is 6. The van der Waals surface area contributed by atoms with E-state index in [4.69, 9.17) is 5.73 Å². The number of aryl methyl sites for hydroxylation is 1. The summed E-state index contributed by atoms with van der Waals surface area (Å²) < 4.78 is 2.99. The highest BCUT2D eigenvalue weighted by atomic mass is 16.2. The third kappa shape index (κ3) is 5.39. The summed E-state index contributed by atoms with van der Waals surface area (Å²) in [7, 11) is 1.64. The van der Waals surface area contributed by atoms with Crippen LogP contribution in [-0.4, -0.2) is 31.5 Å². The van der Waals surface area contributed by atoms with Crippen LogP contribution in [0.15, 0.2) is 100 Å². The molecule has 1 amide bonds. The molecule has 0 saturated heterocycles. The summed E-state index contributed by atoms with van der Waals surface area (Å²) in [6.07, 6.45) is 4.46. The van der Waals surface area contributed by atoms with Gasteiger partial charge in [-0.05, 0) is 42.6 Å². The van der Waals surface area contributed by atoms with Crippen molar-refractivity contribution in [1.29, 1.82) is 0 Å². The number of hydrogen-bond donors (Lipinski definition) is 3. The summed E-state index contributed by atoms with van der Waals surface area (Å²) in [5.74, 6) is 5.91. The van der Waals surface area contributed by atoms with Gasteiger partial charge in [0.25, 0.3) is 11.5 Å². The number of aromatic amines is 1. The number of allylic oxidation sites excluding steroid dienone is 1. The van der Waals surface area contributed by atoms with Crippen molar-refractivity contribution < 1.29 is 4.79 Å². The number of benzene rings is 2. The number of nitrogens with two attached hydrogens (primary N) is 1. The number of H-pyrrole nitrogens is 1. The largest absolute Gasteiger partial charge is 0.381 e. The molecule has 10 nitrogen and oxygen atoms in total. The van der Waals surface area contributed by atoms with Gasteiger partial charge < -0.3 is 16.0 Å². The zero-order chi connectivity index (χ0) is 29.8. The molecule has 1 atom stereocenters. The van der Waals surface area contributed by atoms with Crippen LogP contribution in [0.3, 0.4) is 0 Å². The van der Waals surface area contributed by atoms with Gasteiger partial charge in [-0.15, -0.1) is 0 Å². The number of anilines is 1. The van der Waals surface area contributed by atoms with Crippen molar-refractivity contribution in [1.82, 2.24) is 24.6 Å². The normalized spacial score (nSPS) is 11.7. The molecule has 5 rings (SSSR count). The van der Waals surface area contributed by atoms with Crippen molar-refractivity contribution in [2.24, 2.45) is 12.0 Å². The fraction of sp³-hybridized carbons (Fsp3) is 0.0938. The number of nitrogens with zero attached hydrogens (tertiary/aromatic N) is 4. The smallest absolute Gasteiger partial charge is 0.264 e. The van der Waals surface area contributed by atoms with E-state index >= 15 is 0 Å². The minimum Gasteiger partial charge on any atom is -0.381 e. The molecule has 1 unspecified atom stereocenters. The highest BCUT2D eigenvalue weighted by molar-refractivity contribution is 6.03. The van der Waals surface area contributed by atoms with Gasteiger partial charge in [0.2, 0.25) is 5.56 Å². The van der Waals surface area contributed by atoms with Crippen molar-refractivity contribution in [3.05, 3.63) is 129 Å². The average Bonchev–Trinajstić information content (AvgIpc) is 3.28. The molecular formula is C32H27N7O3. The van der Waals surface area contributed by atoms with Crippen molar-refractivity contribution in [3.63, 3.8) is 0 Å². The topological polar surface area (TPSA) is 140 Å². The van der Waals surface area contributed by atoms with E-state index in [9.17, 15) is 14.4 Å². The number of nitrogen functional groups attached to an aromatic ring is 1. The number of amides is 1. The summed E-state index contributed by atoms with van der Waals surface area (Å²) >= 11 is 0. The molecule has 0 spiro atoms. The molecule has 0 radical (unpaired) electrons. The van der Waals surface area contributed by atoms with Crippen LogP contribution in [-0.2, 0) is 7.05 Å². The lowest BCUT2D eigenvalue weighted by atomic mass is 10.0. The third-order valence-electron chi connectivity index (χ3n) is 6.58. The maximum absolute atomic E-state index is 14.2.